The number of aryl methyl sites for hydroxylation is 2. The minimum atomic E-state index is -0.319. The molecule has 1 aliphatic heterocycles. The number of aromatic nitrogens is 4. The fourth-order valence-corrected chi connectivity index (χ4v) is 4.44. The maximum atomic E-state index is 12.0. The van der Waals surface area contributed by atoms with E-state index in [1.54, 1.807) is 14.0 Å². The van der Waals surface area contributed by atoms with E-state index in [4.69, 9.17) is 4.74 Å². The number of fused-ring (bicyclic) bond motifs is 1. The van der Waals surface area contributed by atoms with Gasteiger partial charge < -0.3 is 19.9 Å². The molecule has 0 saturated heterocycles. The fraction of sp³-hybridized carbons (Fsp3) is 0.650. The van der Waals surface area contributed by atoms with Gasteiger partial charge >= 0.3 is 5.97 Å². The van der Waals surface area contributed by atoms with Crippen molar-refractivity contribution >= 4 is 47.2 Å². The van der Waals surface area contributed by atoms with E-state index in [1.807, 2.05) is 13.8 Å². The van der Waals surface area contributed by atoms with Gasteiger partial charge in [-0.05, 0) is 33.6 Å². The first-order chi connectivity index (χ1) is 14.5. The van der Waals surface area contributed by atoms with Gasteiger partial charge in [0.25, 0.3) is 0 Å². The lowest BCUT2D eigenvalue weighted by Gasteiger charge is -2.16. The van der Waals surface area contributed by atoms with Crippen LogP contribution in [-0.2, 0) is 24.1 Å². The largest absolute Gasteiger partial charge is 0.462 e. The molecular formula is C20H32IN7O2S. The number of thiazole rings is 1. The van der Waals surface area contributed by atoms with Crippen LogP contribution in [-0.4, -0.2) is 51.9 Å². The fourth-order valence-electron chi connectivity index (χ4n) is 3.47. The highest BCUT2D eigenvalue weighted by atomic mass is 127. The summed E-state index contributed by atoms with van der Waals surface area (Å²) < 4.78 is 7.37. The molecule has 2 N–H and O–H groups in total. The monoisotopic (exact) mass is 561 g/mol. The molecule has 0 bridgehead atoms. The number of halogens is 1. The van der Waals surface area contributed by atoms with Gasteiger partial charge in [-0.2, -0.15) is 0 Å². The van der Waals surface area contributed by atoms with E-state index in [0.29, 0.717) is 29.7 Å². The van der Waals surface area contributed by atoms with Crippen molar-refractivity contribution < 1.29 is 9.53 Å². The molecule has 0 aromatic carbocycles. The Balaban J connectivity index is 0.00000341. The Labute approximate surface area is 204 Å². The Hall–Kier alpha value is -1.76. The van der Waals surface area contributed by atoms with E-state index in [2.05, 4.69) is 35.4 Å². The predicted octanol–water partition coefficient (Wildman–Crippen LogP) is 3.03. The number of hydrogen-bond acceptors (Lipinski definition) is 7. The summed E-state index contributed by atoms with van der Waals surface area (Å²) in [7, 11) is 1.74. The molecule has 1 aliphatic rings. The van der Waals surface area contributed by atoms with Gasteiger partial charge in [0, 0.05) is 33.0 Å². The summed E-state index contributed by atoms with van der Waals surface area (Å²) in [4.78, 5) is 21.4. The molecule has 3 heterocycles. The van der Waals surface area contributed by atoms with Crippen molar-refractivity contribution in [1.29, 1.82) is 0 Å². The Morgan fingerprint density at radius 2 is 2.13 bits per heavy atom. The third kappa shape index (κ3) is 6.61. The van der Waals surface area contributed by atoms with Crippen LogP contribution in [0.5, 0.6) is 0 Å². The Morgan fingerprint density at radius 1 is 1.32 bits per heavy atom. The normalized spacial score (nSPS) is 14.8. The Bertz CT molecular complexity index is 896. The molecule has 3 rings (SSSR count). The van der Waals surface area contributed by atoms with Crippen LogP contribution in [0.4, 0.5) is 0 Å². The van der Waals surface area contributed by atoms with E-state index in [9.17, 15) is 4.79 Å². The van der Waals surface area contributed by atoms with Crippen LogP contribution in [0, 0.1) is 6.92 Å². The molecular weight excluding hydrogens is 529 g/mol. The summed E-state index contributed by atoms with van der Waals surface area (Å²) >= 11 is 1.35. The second-order valence-corrected chi connectivity index (χ2v) is 8.33. The predicted molar refractivity (Wildman–Crippen MR) is 132 cm³/mol. The number of carbonyl (C=O) groups excluding carboxylic acids is 1. The number of nitrogens with zero attached hydrogens (tertiary/aromatic N) is 5. The van der Waals surface area contributed by atoms with E-state index >= 15 is 0 Å². The number of esters is 1. The van der Waals surface area contributed by atoms with Crippen molar-refractivity contribution in [1.82, 2.24) is 30.4 Å². The first-order valence-corrected chi connectivity index (χ1v) is 11.4. The highest BCUT2D eigenvalue weighted by molar-refractivity contribution is 14.0. The van der Waals surface area contributed by atoms with Gasteiger partial charge in [-0.3, -0.25) is 4.99 Å². The molecule has 172 valence electrons. The van der Waals surface area contributed by atoms with Crippen LogP contribution in [0.1, 0.15) is 71.2 Å². The Morgan fingerprint density at radius 3 is 2.87 bits per heavy atom. The molecule has 0 amide bonds. The molecule has 0 fully saturated rings. The lowest BCUT2D eigenvalue weighted by Crippen LogP contribution is -2.39. The molecule has 0 radical (unpaired) electrons. The van der Waals surface area contributed by atoms with Gasteiger partial charge in [0.15, 0.2) is 5.96 Å². The number of ether oxygens (including phenoxy) is 1. The SMILES string of the molecule is CCOC(=O)c1sc(C(C)NC(=NC)NCCc2nnc3n2CCCCC3)nc1C.I. The number of rotatable bonds is 7. The zero-order valence-corrected chi connectivity index (χ0v) is 21.8. The van der Waals surface area contributed by atoms with Crippen LogP contribution in [0.2, 0.25) is 0 Å². The lowest BCUT2D eigenvalue weighted by atomic mass is 10.2. The van der Waals surface area contributed by atoms with Crippen molar-refractivity contribution in [3.63, 3.8) is 0 Å². The zero-order valence-electron chi connectivity index (χ0n) is 18.6. The maximum absolute atomic E-state index is 12.0. The number of hydrogen-bond donors (Lipinski definition) is 2. The molecule has 1 atom stereocenters. The quantitative estimate of drug-likeness (QED) is 0.232. The molecule has 0 aliphatic carbocycles. The van der Waals surface area contributed by atoms with Crippen molar-refractivity contribution in [3.8, 4) is 0 Å². The summed E-state index contributed by atoms with van der Waals surface area (Å²) in [6, 6.07) is -0.0903. The van der Waals surface area contributed by atoms with Crippen molar-refractivity contribution in [3.05, 3.63) is 27.2 Å². The van der Waals surface area contributed by atoms with Crippen LogP contribution in [0.25, 0.3) is 0 Å². The van der Waals surface area contributed by atoms with Crippen molar-refractivity contribution in [2.75, 3.05) is 20.2 Å². The molecule has 9 nitrogen and oxygen atoms in total. The van der Waals surface area contributed by atoms with Gasteiger partial charge in [0.05, 0.1) is 18.3 Å². The van der Waals surface area contributed by atoms with Crippen LogP contribution in [0.3, 0.4) is 0 Å². The van der Waals surface area contributed by atoms with Crippen LogP contribution >= 0.6 is 35.3 Å². The summed E-state index contributed by atoms with van der Waals surface area (Å²) in [5.41, 5.74) is 0.692. The summed E-state index contributed by atoms with van der Waals surface area (Å²) in [6.45, 7) is 7.69. The number of aliphatic imine (C=N–C) groups is 1. The topological polar surface area (TPSA) is 106 Å². The van der Waals surface area contributed by atoms with Gasteiger partial charge in [0.1, 0.15) is 21.5 Å². The summed E-state index contributed by atoms with van der Waals surface area (Å²) in [6.07, 6.45) is 5.43. The van der Waals surface area contributed by atoms with Crippen molar-refractivity contribution in [2.24, 2.45) is 4.99 Å². The second-order valence-electron chi connectivity index (χ2n) is 7.30. The standard InChI is InChI=1S/C20H31N7O2S.HI/c1-5-29-19(28)17-13(2)23-18(30-17)14(3)24-20(21-4)22-11-10-16-26-25-15-9-7-6-8-12-27(15)16;/h14H,5-12H2,1-4H3,(H2,21,22,24);1H. The number of nitrogens with one attached hydrogen (secondary N) is 2. The third-order valence-electron chi connectivity index (χ3n) is 5.05. The van der Waals surface area contributed by atoms with Gasteiger partial charge in [-0.15, -0.1) is 45.5 Å². The van der Waals surface area contributed by atoms with E-state index < -0.39 is 0 Å². The molecule has 0 spiro atoms. The average molecular weight is 561 g/mol. The lowest BCUT2D eigenvalue weighted by molar-refractivity contribution is 0.0531. The smallest absolute Gasteiger partial charge is 0.350 e. The summed E-state index contributed by atoms with van der Waals surface area (Å²) in [5, 5.41) is 16.2. The number of guanidine groups is 1. The third-order valence-corrected chi connectivity index (χ3v) is 6.37. The zero-order chi connectivity index (χ0) is 21.5. The van der Waals surface area contributed by atoms with Gasteiger partial charge in [-0.1, -0.05) is 6.42 Å². The van der Waals surface area contributed by atoms with Crippen LogP contribution < -0.4 is 10.6 Å². The van der Waals surface area contributed by atoms with Crippen molar-refractivity contribution in [2.45, 2.75) is 65.5 Å². The van der Waals surface area contributed by atoms with Crippen LogP contribution in [0.15, 0.2) is 4.99 Å². The van der Waals surface area contributed by atoms with Gasteiger partial charge in [-0.25, -0.2) is 9.78 Å². The maximum Gasteiger partial charge on any atom is 0.350 e. The number of carbonyl (C=O) groups is 1. The average Bonchev–Trinajstić information content (AvgIpc) is 3.22. The molecule has 2 aromatic rings. The first kappa shape index (κ1) is 25.5. The molecule has 31 heavy (non-hydrogen) atoms. The molecule has 0 saturated carbocycles. The summed E-state index contributed by atoms with van der Waals surface area (Å²) in [5.74, 6) is 2.50. The van der Waals surface area contributed by atoms with Gasteiger partial charge in [0.2, 0.25) is 0 Å². The second kappa shape index (κ2) is 12.3. The van der Waals surface area contributed by atoms with E-state index in [1.165, 1.54) is 30.6 Å². The minimum Gasteiger partial charge on any atom is -0.462 e. The molecule has 1 unspecified atom stereocenters. The van der Waals surface area contributed by atoms with E-state index in [-0.39, 0.29) is 36.0 Å². The highest BCUT2D eigenvalue weighted by Gasteiger charge is 2.20. The minimum absolute atomic E-state index is 0. The molecule has 11 heteroatoms. The Kier molecular flexibility index (Phi) is 10.1. The molecule has 2 aromatic heterocycles. The highest BCUT2D eigenvalue weighted by Crippen LogP contribution is 2.24. The first-order valence-electron chi connectivity index (χ1n) is 10.6. The van der Waals surface area contributed by atoms with E-state index in [0.717, 1.165) is 36.0 Å².